The molecule has 0 saturated carbocycles. The van der Waals surface area contributed by atoms with Crippen LogP contribution in [-0.2, 0) is 21.1 Å². The van der Waals surface area contributed by atoms with E-state index in [4.69, 9.17) is 4.84 Å². The lowest BCUT2D eigenvalue weighted by atomic mass is 9.99. The van der Waals surface area contributed by atoms with Crippen LogP contribution in [0.1, 0.15) is 43.4 Å². The minimum Gasteiger partial charge on any atom is -0.463 e. The molecule has 240 valence electrons. The van der Waals surface area contributed by atoms with Crippen molar-refractivity contribution in [3.63, 3.8) is 0 Å². The Labute approximate surface area is 262 Å². The Morgan fingerprint density at radius 2 is 1.64 bits per heavy atom. The number of amides is 2. The van der Waals surface area contributed by atoms with Gasteiger partial charge in [-0.2, -0.15) is 0 Å². The van der Waals surface area contributed by atoms with Crippen molar-refractivity contribution in [3.05, 3.63) is 100 Å². The number of non-ortho nitro benzene ring substituents is 1. The highest BCUT2D eigenvalue weighted by Gasteiger charge is 2.31. The summed E-state index contributed by atoms with van der Waals surface area (Å²) in [6.07, 6.45) is 2.03. The summed E-state index contributed by atoms with van der Waals surface area (Å²) in [5, 5.41) is 22.0. The SMILES string of the molecule is CCN(C(=O)Cc1ccc(S(C)(=O)=O)cc1)C1CCN(CC[C@@H](c2ccccc2)N(Oc2ccc([N+](=O)[O-])cc2)C(=O)O)CC1. The second-order valence-electron chi connectivity index (χ2n) is 11.0. The minimum absolute atomic E-state index is 0.00677. The maximum atomic E-state index is 13.2. The maximum Gasteiger partial charge on any atom is 0.441 e. The number of nitro groups is 1. The second-order valence-corrected chi connectivity index (χ2v) is 13.0. The Morgan fingerprint density at radius 1 is 1.02 bits per heavy atom. The summed E-state index contributed by atoms with van der Waals surface area (Å²) in [6.45, 7) is 4.57. The zero-order chi connectivity index (χ0) is 32.6. The molecule has 1 atom stereocenters. The van der Waals surface area contributed by atoms with Crippen molar-refractivity contribution in [1.29, 1.82) is 0 Å². The smallest absolute Gasteiger partial charge is 0.441 e. The molecule has 3 aromatic carbocycles. The van der Waals surface area contributed by atoms with Crippen LogP contribution in [0.4, 0.5) is 10.5 Å². The Morgan fingerprint density at radius 3 is 2.18 bits per heavy atom. The second kappa shape index (κ2) is 15.0. The Bertz CT molecular complexity index is 1560. The number of rotatable bonds is 13. The summed E-state index contributed by atoms with van der Waals surface area (Å²) >= 11 is 0. The highest BCUT2D eigenvalue weighted by Crippen LogP contribution is 2.29. The zero-order valence-corrected chi connectivity index (χ0v) is 26.1. The molecule has 1 N–H and O–H groups in total. The number of likely N-dealkylation sites (tertiary alicyclic amines) is 1. The first kappa shape index (κ1) is 33.4. The Hall–Kier alpha value is -4.49. The Kier molecular flexibility index (Phi) is 11.1. The van der Waals surface area contributed by atoms with E-state index in [-0.39, 0.29) is 34.7 Å². The lowest BCUT2D eigenvalue weighted by Crippen LogP contribution is -2.48. The average molecular weight is 639 g/mol. The molecule has 2 amide bonds. The fourth-order valence-electron chi connectivity index (χ4n) is 5.60. The third-order valence-electron chi connectivity index (χ3n) is 7.99. The molecule has 1 aliphatic heterocycles. The van der Waals surface area contributed by atoms with Gasteiger partial charge in [0.2, 0.25) is 5.91 Å². The number of carboxylic acid groups (broad SMARTS) is 1. The van der Waals surface area contributed by atoms with Crippen LogP contribution in [0.25, 0.3) is 0 Å². The van der Waals surface area contributed by atoms with Crippen LogP contribution in [0.3, 0.4) is 0 Å². The van der Waals surface area contributed by atoms with Gasteiger partial charge in [-0.3, -0.25) is 14.9 Å². The van der Waals surface area contributed by atoms with Crippen LogP contribution in [0.5, 0.6) is 5.75 Å². The molecule has 45 heavy (non-hydrogen) atoms. The van der Waals surface area contributed by atoms with Gasteiger partial charge in [0.1, 0.15) is 6.04 Å². The van der Waals surface area contributed by atoms with Crippen LogP contribution in [0.2, 0.25) is 0 Å². The lowest BCUT2D eigenvalue weighted by Gasteiger charge is -2.39. The van der Waals surface area contributed by atoms with Crippen molar-refractivity contribution < 1.29 is 32.9 Å². The molecule has 0 radical (unpaired) electrons. The first-order valence-electron chi connectivity index (χ1n) is 14.8. The van der Waals surface area contributed by atoms with Gasteiger partial charge >= 0.3 is 6.09 Å². The van der Waals surface area contributed by atoms with E-state index in [1.54, 1.807) is 12.1 Å². The van der Waals surface area contributed by atoms with Crippen LogP contribution in [0, 0.1) is 10.1 Å². The molecular weight excluding hydrogens is 600 g/mol. The van der Waals surface area contributed by atoms with Gasteiger partial charge in [0.25, 0.3) is 5.69 Å². The quantitative estimate of drug-likeness (QED) is 0.202. The molecule has 3 aromatic rings. The van der Waals surface area contributed by atoms with E-state index >= 15 is 0 Å². The third kappa shape index (κ3) is 9.02. The Balaban J connectivity index is 1.37. The van der Waals surface area contributed by atoms with Gasteiger partial charge in [-0.1, -0.05) is 42.5 Å². The van der Waals surface area contributed by atoms with E-state index in [1.807, 2.05) is 42.2 Å². The van der Waals surface area contributed by atoms with Crippen LogP contribution >= 0.6 is 0 Å². The van der Waals surface area contributed by atoms with Gasteiger partial charge in [-0.15, -0.1) is 5.06 Å². The maximum absolute atomic E-state index is 13.2. The number of nitro benzene ring substituents is 1. The molecule has 1 fully saturated rings. The van der Waals surface area contributed by atoms with Crippen molar-refractivity contribution in [1.82, 2.24) is 14.9 Å². The highest BCUT2D eigenvalue weighted by atomic mass is 32.2. The first-order chi connectivity index (χ1) is 21.5. The molecule has 13 heteroatoms. The molecule has 1 saturated heterocycles. The largest absolute Gasteiger partial charge is 0.463 e. The standard InChI is InChI=1S/C32H38N4O8S/c1-3-34(31(37)23-24-9-15-29(16-10-24)45(2,42)43)26-17-20-33(21-18-26)22-19-30(25-7-5-4-6-8-25)35(32(38)39)44-28-13-11-27(12-14-28)36(40)41/h4-16,26,30H,3,17-23H2,1-2H3,(H,38,39)/t30-/m0/s1. The minimum atomic E-state index is -3.30. The van der Waals surface area contributed by atoms with E-state index in [2.05, 4.69) is 4.90 Å². The topological polar surface area (TPSA) is 151 Å². The predicted octanol–water partition coefficient (Wildman–Crippen LogP) is 4.96. The number of carbonyl (C=O) groups is 2. The number of nitrogens with zero attached hydrogens (tertiary/aromatic N) is 4. The van der Waals surface area contributed by atoms with Crippen LogP contribution < -0.4 is 4.84 Å². The molecule has 4 rings (SSSR count). The van der Waals surface area contributed by atoms with E-state index in [0.717, 1.165) is 48.4 Å². The number of benzene rings is 3. The summed E-state index contributed by atoms with van der Waals surface area (Å²) in [4.78, 5) is 46.2. The van der Waals surface area contributed by atoms with E-state index in [0.29, 0.717) is 19.5 Å². The van der Waals surface area contributed by atoms with Gasteiger partial charge in [0.15, 0.2) is 15.6 Å². The lowest BCUT2D eigenvalue weighted by molar-refractivity contribution is -0.384. The van der Waals surface area contributed by atoms with Gasteiger partial charge in [-0.25, -0.2) is 13.2 Å². The number of likely N-dealkylation sites (N-methyl/N-ethyl adjacent to an activating group) is 1. The van der Waals surface area contributed by atoms with Gasteiger partial charge < -0.3 is 19.7 Å². The number of piperidine rings is 1. The summed E-state index contributed by atoms with van der Waals surface area (Å²) in [5.41, 5.74) is 1.39. The van der Waals surface area contributed by atoms with Crippen molar-refractivity contribution in [2.24, 2.45) is 0 Å². The normalized spacial score (nSPS) is 14.8. The molecule has 0 unspecified atom stereocenters. The zero-order valence-electron chi connectivity index (χ0n) is 25.3. The molecule has 0 aromatic heterocycles. The van der Waals surface area contributed by atoms with Crippen molar-refractivity contribution >= 4 is 27.5 Å². The van der Waals surface area contributed by atoms with Crippen LogP contribution in [-0.4, -0.2) is 83.8 Å². The van der Waals surface area contributed by atoms with Crippen LogP contribution in [0.15, 0.2) is 83.8 Å². The molecular formula is C32H38N4O8S. The molecule has 1 heterocycles. The van der Waals surface area contributed by atoms with Gasteiger partial charge in [0.05, 0.1) is 16.2 Å². The molecule has 12 nitrogen and oxygen atoms in total. The highest BCUT2D eigenvalue weighted by molar-refractivity contribution is 7.90. The fourth-order valence-corrected chi connectivity index (χ4v) is 6.23. The number of hydroxylamine groups is 2. The molecule has 0 aliphatic carbocycles. The monoisotopic (exact) mass is 638 g/mol. The van der Waals surface area contributed by atoms with E-state index in [9.17, 15) is 33.2 Å². The van der Waals surface area contributed by atoms with Gasteiger partial charge in [0, 0.05) is 50.6 Å². The fraction of sp³-hybridized carbons (Fsp3) is 0.375. The molecule has 1 aliphatic rings. The first-order valence-corrected chi connectivity index (χ1v) is 16.7. The molecule has 0 bridgehead atoms. The third-order valence-corrected chi connectivity index (χ3v) is 9.12. The van der Waals surface area contributed by atoms with Crippen molar-refractivity contribution in [2.75, 3.05) is 32.4 Å². The summed E-state index contributed by atoms with van der Waals surface area (Å²) < 4.78 is 23.5. The number of hydrogen-bond acceptors (Lipinski definition) is 8. The summed E-state index contributed by atoms with van der Waals surface area (Å²) in [7, 11) is -3.30. The number of hydrogen-bond donors (Lipinski definition) is 1. The number of sulfone groups is 1. The summed E-state index contributed by atoms with van der Waals surface area (Å²) in [6, 6.07) is 20.3. The molecule has 0 spiro atoms. The average Bonchev–Trinajstić information content (AvgIpc) is 3.02. The predicted molar refractivity (Wildman–Crippen MR) is 167 cm³/mol. The summed E-state index contributed by atoms with van der Waals surface area (Å²) in [5.74, 6) is 0.160. The van der Waals surface area contributed by atoms with Gasteiger partial charge in [-0.05, 0) is 61.6 Å². The number of carbonyl (C=O) groups excluding carboxylic acids is 1. The van der Waals surface area contributed by atoms with E-state index in [1.165, 1.54) is 36.4 Å². The van der Waals surface area contributed by atoms with E-state index < -0.39 is 26.9 Å². The van der Waals surface area contributed by atoms with Crippen molar-refractivity contribution in [2.45, 2.75) is 49.6 Å². The van der Waals surface area contributed by atoms with Crippen molar-refractivity contribution in [3.8, 4) is 5.75 Å².